The molecule has 4 heteroatoms. The van der Waals surface area contributed by atoms with Crippen molar-refractivity contribution in [3.8, 4) is 0 Å². The van der Waals surface area contributed by atoms with Crippen LogP contribution in [0.25, 0.3) is 0 Å². The van der Waals surface area contributed by atoms with Gasteiger partial charge in [0.1, 0.15) is 0 Å². The molecule has 1 amide bonds. The van der Waals surface area contributed by atoms with Crippen LogP contribution in [0.15, 0.2) is 24.3 Å². The smallest absolute Gasteiger partial charge is 0.252 e. The Kier molecular flexibility index (Phi) is 4.39. The second-order valence-corrected chi connectivity index (χ2v) is 5.57. The molecule has 3 nitrogen and oxygen atoms in total. The van der Waals surface area contributed by atoms with Gasteiger partial charge in [0.25, 0.3) is 5.91 Å². The van der Waals surface area contributed by atoms with Crippen molar-refractivity contribution in [3.05, 3.63) is 33.4 Å². The molecule has 0 radical (unpaired) electrons. The first-order chi connectivity index (χ1) is 8.18. The summed E-state index contributed by atoms with van der Waals surface area (Å²) in [6.07, 6.45) is 3.39. The molecule has 2 atom stereocenters. The molecule has 2 rings (SSSR count). The van der Waals surface area contributed by atoms with Gasteiger partial charge in [0, 0.05) is 3.57 Å². The number of amides is 1. The van der Waals surface area contributed by atoms with Gasteiger partial charge in [0.2, 0.25) is 0 Å². The molecule has 1 unspecified atom stereocenters. The predicted octanol–water partition coefficient (Wildman–Crippen LogP) is 2.32. The molecule has 0 spiro atoms. The number of hydrogen-bond donors (Lipinski definition) is 2. The molecular formula is C13H16INO2. The molecule has 1 fully saturated rings. The minimum Gasteiger partial charge on any atom is -0.391 e. The number of aliphatic hydroxyl groups excluding tert-OH is 1. The van der Waals surface area contributed by atoms with Crippen molar-refractivity contribution in [1.29, 1.82) is 0 Å². The molecule has 2 N–H and O–H groups in total. The second kappa shape index (κ2) is 5.82. The molecule has 0 saturated heterocycles. The fourth-order valence-electron chi connectivity index (χ4n) is 2.17. The molecular weight excluding hydrogens is 329 g/mol. The van der Waals surface area contributed by atoms with E-state index in [0.29, 0.717) is 5.56 Å². The quantitative estimate of drug-likeness (QED) is 0.809. The van der Waals surface area contributed by atoms with Gasteiger partial charge in [-0.05, 0) is 47.6 Å². The van der Waals surface area contributed by atoms with Crippen molar-refractivity contribution >= 4 is 28.5 Å². The van der Waals surface area contributed by atoms with Gasteiger partial charge in [0.05, 0.1) is 17.7 Å². The van der Waals surface area contributed by atoms with E-state index in [0.717, 1.165) is 29.3 Å². The predicted molar refractivity (Wildman–Crippen MR) is 74.9 cm³/mol. The first kappa shape index (κ1) is 12.8. The number of carbonyl (C=O) groups excluding carboxylic acids is 1. The van der Waals surface area contributed by atoms with Crippen LogP contribution in [-0.4, -0.2) is 23.2 Å². The molecule has 1 aliphatic carbocycles. The maximum atomic E-state index is 12.1. The van der Waals surface area contributed by atoms with Crippen molar-refractivity contribution in [2.75, 3.05) is 0 Å². The van der Waals surface area contributed by atoms with E-state index in [-0.39, 0.29) is 11.9 Å². The zero-order chi connectivity index (χ0) is 12.3. The minimum absolute atomic E-state index is 0.0825. The number of aliphatic hydroxyl groups is 1. The summed E-state index contributed by atoms with van der Waals surface area (Å²) >= 11 is 2.15. The van der Waals surface area contributed by atoms with Crippen LogP contribution in [0.3, 0.4) is 0 Å². The topological polar surface area (TPSA) is 49.3 Å². The Morgan fingerprint density at radius 2 is 2.00 bits per heavy atom. The lowest BCUT2D eigenvalue weighted by molar-refractivity contribution is 0.0716. The second-order valence-electron chi connectivity index (χ2n) is 4.41. The fraction of sp³-hybridized carbons (Fsp3) is 0.462. The Morgan fingerprint density at radius 1 is 1.29 bits per heavy atom. The molecule has 0 bridgehead atoms. The molecule has 92 valence electrons. The fourth-order valence-corrected chi connectivity index (χ4v) is 2.80. The van der Waals surface area contributed by atoms with Crippen LogP contribution in [0.5, 0.6) is 0 Å². The lowest BCUT2D eigenvalue weighted by Gasteiger charge is -2.28. The third-order valence-corrected chi connectivity index (χ3v) is 4.11. The van der Waals surface area contributed by atoms with Gasteiger partial charge in [-0.1, -0.05) is 25.0 Å². The van der Waals surface area contributed by atoms with E-state index in [1.54, 1.807) is 0 Å². The number of nitrogens with one attached hydrogen (secondary N) is 1. The maximum Gasteiger partial charge on any atom is 0.252 e. The van der Waals surface area contributed by atoms with Crippen molar-refractivity contribution in [2.45, 2.75) is 37.8 Å². The third kappa shape index (κ3) is 3.19. The monoisotopic (exact) mass is 345 g/mol. The van der Waals surface area contributed by atoms with E-state index < -0.39 is 6.10 Å². The zero-order valence-corrected chi connectivity index (χ0v) is 11.7. The summed E-state index contributed by atoms with van der Waals surface area (Å²) in [5, 5.41) is 12.7. The largest absolute Gasteiger partial charge is 0.391 e. The van der Waals surface area contributed by atoms with Crippen LogP contribution in [0, 0.1) is 3.57 Å². The molecule has 0 aromatic heterocycles. The minimum atomic E-state index is -0.394. The van der Waals surface area contributed by atoms with Crippen LogP contribution < -0.4 is 5.32 Å². The number of hydrogen-bond acceptors (Lipinski definition) is 2. The van der Waals surface area contributed by atoms with Crippen molar-refractivity contribution in [2.24, 2.45) is 0 Å². The molecule has 17 heavy (non-hydrogen) atoms. The summed E-state index contributed by atoms with van der Waals surface area (Å²) in [7, 11) is 0. The first-order valence-corrected chi connectivity index (χ1v) is 7.00. The highest BCUT2D eigenvalue weighted by atomic mass is 127. The van der Waals surface area contributed by atoms with Gasteiger partial charge in [-0.3, -0.25) is 4.79 Å². The number of carbonyl (C=O) groups is 1. The Hall–Kier alpha value is -0.620. The summed E-state index contributed by atoms with van der Waals surface area (Å²) < 4.78 is 0.938. The number of benzene rings is 1. The molecule has 1 aromatic rings. The average molecular weight is 345 g/mol. The van der Waals surface area contributed by atoms with Crippen molar-refractivity contribution in [1.82, 2.24) is 5.32 Å². The summed E-state index contributed by atoms with van der Waals surface area (Å²) in [4.78, 5) is 12.1. The zero-order valence-electron chi connectivity index (χ0n) is 9.53. The van der Waals surface area contributed by atoms with E-state index in [1.807, 2.05) is 24.3 Å². The highest BCUT2D eigenvalue weighted by Crippen LogP contribution is 2.19. The Labute approximate surface area is 115 Å². The summed E-state index contributed by atoms with van der Waals surface area (Å²) in [6.45, 7) is 0. The van der Waals surface area contributed by atoms with Gasteiger partial charge in [-0.15, -0.1) is 0 Å². The van der Waals surface area contributed by atoms with Crippen molar-refractivity contribution in [3.63, 3.8) is 0 Å². The standard InChI is InChI=1S/C13H16INO2/c14-10-6-2-1-5-9(10)13(17)15-11-7-3-4-8-12(11)16/h1-2,5-6,11-12,16H,3-4,7-8H2,(H,15,17)/t11?,12-/m0/s1. The van der Waals surface area contributed by atoms with Gasteiger partial charge in [-0.2, -0.15) is 0 Å². The molecule has 1 saturated carbocycles. The van der Waals surface area contributed by atoms with Gasteiger partial charge < -0.3 is 10.4 Å². The van der Waals surface area contributed by atoms with Crippen LogP contribution in [0.4, 0.5) is 0 Å². The van der Waals surface area contributed by atoms with E-state index in [2.05, 4.69) is 27.9 Å². The first-order valence-electron chi connectivity index (χ1n) is 5.92. The highest BCUT2D eigenvalue weighted by Gasteiger charge is 2.25. The average Bonchev–Trinajstić information content (AvgIpc) is 2.32. The van der Waals surface area contributed by atoms with E-state index in [4.69, 9.17) is 0 Å². The van der Waals surface area contributed by atoms with Crippen LogP contribution in [0.2, 0.25) is 0 Å². The lowest BCUT2D eigenvalue weighted by atomic mass is 9.92. The van der Waals surface area contributed by atoms with Gasteiger partial charge in [-0.25, -0.2) is 0 Å². The summed E-state index contributed by atoms with van der Waals surface area (Å²) in [6, 6.07) is 7.40. The summed E-state index contributed by atoms with van der Waals surface area (Å²) in [5.41, 5.74) is 0.686. The molecule has 1 aromatic carbocycles. The van der Waals surface area contributed by atoms with E-state index in [1.165, 1.54) is 0 Å². The third-order valence-electron chi connectivity index (χ3n) is 3.16. The van der Waals surface area contributed by atoms with Gasteiger partial charge in [0.15, 0.2) is 0 Å². The van der Waals surface area contributed by atoms with E-state index >= 15 is 0 Å². The maximum absolute atomic E-state index is 12.1. The molecule has 0 aliphatic heterocycles. The van der Waals surface area contributed by atoms with Crippen LogP contribution in [0.1, 0.15) is 36.0 Å². The molecule has 0 heterocycles. The van der Waals surface area contributed by atoms with Crippen LogP contribution >= 0.6 is 22.6 Å². The SMILES string of the molecule is O=C(NC1CCCC[C@@H]1O)c1ccccc1I. The number of halogens is 1. The lowest BCUT2D eigenvalue weighted by Crippen LogP contribution is -2.45. The highest BCUT2D eigenvalue weighted by molar-refractivity contribution is 14.1. The Balaban J connectivity index is 2.04. The summed E-state index contributed by atoms with van der Waals surface area (Å²) in [5.74, 6) is -0.0825. The molecule has 1 aliphatic rings. The van der Waals surface area contributed by atoms with Crippen molar-refractivity contribution < 1.29 is 9.90 Å². The van der Waals surface area contributed by atoms with Gasteiger partial charge >= 0.3 is 0 Å². The van der Waals surface area contributed by atoms with E-state index in [9.17, 15) is 9.90 Å². The normalized spacial score (nSPS) is 24.4. The number of rotatable bonds is 2. The Bertz CT molecular complexity index is 408. The Morgan fingerprint density at radius 3 is 2.71 bits per heavy atom. The van der Waals surface area contributed by atoms with Crippen LogP contribution in [-0.2, 0) is 0 Å².